The first-order valence-corrected chi connectivity index (χ1v) is 12.0. The van der Waals surface area contributed by atoms with E-state index in [2.05, 4.69) is 10.3 Å². The Morgan fingerprint density at radius 1 is 1.08 bits per heavy atom. The molecule has 1 amide bonds. The minimum Gasteiger partial charge on any atom is -0.456 e. The summed E-state index contributed by atoms with van der Waals surface area (Å²) in [5, 5.41) is 2.68. The molecule has 0 saturated heterocycles. The smallest absolute Gasteiger partial charge is 0.420 e. The highest BCUT2D eigenvalue weighted by atomic mass is 32.2. The van der Waals surface area contributed by atoms with Crippen LogP contribution in [0.4, 0.5) is 32.0 Å². The average molecular weight is 543 g/mol. The number of fused-ring (bicyclic) bond motifs is 1. The normalized spacial score (nSPS) is 14.4. The minimum atomic E-state index is -5.23. The Morgan fingerprint density at radius 2 is 1.73 bits per heavy atom. The number of hydrogen-bond acceptors (Lipinski definition) is 4. The maximum Gasteiger partial charge on any atom is 0.420 e. The number of thioether (sulfide) groups is 1. The summed E-state index contributed by atoms with van der Waals surface area (Å²) in [5.41, 5.74) is -2.61. The molecule has 37 heavy (non-hydrogen) atoms. The first kappa shape index (κ1) is 26.6. The largest absolute Gasteiger partial charge is 0.456 e. The number of halogens is 6. The van der Waals surface area contributed by atoms with E-state index in [4.69, 9.17) is 4.74 Å². The Balaban J connectivity index is 1.75. The van der Waals surface area contributed by atoms with Gasteiger partial charge in [0.2, 0.25) is 5.91 Å². The number of carbonyl (C=O) groups is 2. The second kappa shape index (κ2) is 9.81. The van der Waals surface area contributed by atoms with Gasteiger partial charge in [-0.2, -0.15) is 26.3 Å². The predicted molar refractivity (Wildman–Crippen MR) is 128 cm³/mol. The molecule has 1 aromatic heterocycles. The number of nitrogens with one attached hydrogen (secondary N) is 2. The molecule has 5 nitrogen and oxygen atoms in total. The van der Waals surface area contributed by atoms with Crippen molar-refractivity contribution in [2.45, 2.75) is 38.5 Å². The molecule has 196 valence electrons. The van der Waals surface area contributed by atoms with Gasteiger partial charge in [0.05, 0.1) is 12.2 Å². The highest BCUT2D eigenvalue weighted by molar-refractivity contribution is 8.04. The number of rotatable bonds is 6. The number of allylic oxidation sites excluding steroid dienone is 1. The number of ether oxygens (including phenoxy) is 1. The molecule has 3 aromatic rings. The van der Waals surface area contributed by atoms with Gasteiger partial charge in [-0.1, -0.05) is 13.8 Å². The third kappa shape index (κ3) is 5.95. The van der Waals surface area contributed by atoms with E-state index in [1.807, 2.05) is 13.8 Å². The fraction of sp³-hybridized carbons (Fsp3) is 0.280. The van der Waals surface area contributed by atoms with Crippen LogP contribution in [0.2, 0.25) is 0 Å². The average Bonchev–Trinajstić information content (AvgIpc) is 3.38. The lowest BCUT2D eigenvalue weighted by Gasteiger charge is -2.21. The van der Waals surface area contributed by atoms with Crippen molar-refractivity contribution < 1.29 is 40.7 Å². The molecule has 0 bridgehead atoms. The van der Waals surface area contributed by atoms with E-state index in [9.17, 15) is 35.9 Å². The van der Waals surface area contributed by atoms with E-state index in [-0.39, 0.29) is 29.6 Å². The number of carbonyl (C=O) groups excluding carboxylic acids is 2. The molecule has 4 rings (SSSR count). The lowest BCUT2D eigenvalue weighted by Crippen LogP contribution is -2.17. The van der Waals surface area contributed by atoms with Crippen LogP contribution < -0.4 is 10.1 Å². The molecule has 2 aromatic carbocycles. The van der Waals surface area contributed by atoms with Gasteiger partial charge in [-0.15, -0.1) is 11.8 Å². The number of alkyl halides is 6. The van der Waals surface area contributed by atoms with Crippen LogP contribution >= 0.6 is 11.8 Å². The van der Waals surface area contributed by atoms with Crippen molar-refractivity contribution in [2.75, 3.05) is 11.1 Å². The first-order chi connectivity index (χ1) is 17.2. The summed E-state index contributed by atoms with van der Waals surface area (Å²) in [6, 6.07) is 4.96. The fourth-order valence-electron chi connectivity index (χ4n) is 3.90. The number of anilines is 1. The Kier molecular flexibility index (Phi) is 7.06. The molecule has 0 fully saturated rings. The van der Waals surface area contributed by atoms with Gasteiger partial charge in [0.15, 0.2) is 11.5 Å². The molecule has 0 spiro atoms. The Hall–Kier alpha value is -3.41. The Bertz CT molecular complexity index is 1370. The van der Waals surface area contributed by atoms with Gasteiger partial charge >= 0.3 is 12.4 Å². The van der Waals surface area contributed by atoms with Crippen molar-refractivity contribution in [2.24, 2.45) is 0 Å². The Labute approximate surface area is 211 Å². The van der Waals surface area contributed by atoms with Crippen LogP contribution in [-0.4, -0.2) is 22.4 Å². The van der Waals surface area contributed by atoms with Gasteiger partial charge in [0, 0.05) is 22.8 Å². The number of ketones is 1. The maximum atomic E-state index is 14.0. The molecule has 2 heterocycles. The highest BCUT2D eigenvalue weighted by Crippen LogP contribution is 2.48. The quantitative estimate of drug-likeness (QED) is 0.314. The van der Waals surface area contributed by atoms with Gasteiger partial charge in [-0.3, -0.25) is 9.59 Å². The van der Waals surface area contributed by atoms with Crippen LogP contribution in [0.1, 0.15) is 42.9 Å². The maximum absolute atomic E-state index is 14.0. The van der Waals surface area contributed by atoms with Gasteiger partial charge in [0.1, 0.15) is 16.9 Å². The number of aromatic amines is 1. The van der Waals surface area contributed by atoms with Crippen molar-refractivity contribution in [1.82, 2.24) is 4.98 Å². The van der Waals surface area contributed by atoms with Gasteiger partial charge in [0.25, 0.3) is 0 Å². The van der Waals surface area contributed by atoms with E-state index in [0.717, 1.165) is 17.3 Å². The van der Waals surface area contributed by atoms with Gasteiger partial charge in [-0.05, 0) is 52.8 Å². The molecule has 0 radical (unpaired) electrons. The molecule has 2 N–H and O–H groups in total. The number of benzene rings is 2. The van der Waals surface area contributed by atoms with E-state index in [1.54, 1.807) is 6.20 Å². The standard InChI is InChI=1S/C25H20F6N2O3S/c1-12(2)18-10-32-21-4-3-15(8-17(18)21)36-23-19(24(26,27)28)5-13(6-20(23)25(29,30)31)33-22(35)9-16-7-14(34)11-37-16/h3-8,10,12,32H,9,11H2,1-2H3,(H,33,35). The third-order valence-corrected chi connectivity index (χ3v) is 6.63. The molecule has 12 heteroatoms. The summed E-state index contributed by atoms with van der Waals surface area (Å²) in [7, 11) is 0. The molecule has 0 atom stereocenters. The minimum absolute atomic E-state index is 0.0416. The van der Waals surface area contributed by atoms with Crippen LogP contribution in [0, 0.1) is 0 Å². The molecular weight excluding hydrogens is 522 g/mol. The summed E-state index contributed by atoms with van der Waals surface area (Å²) < 4.78 is 89.1. The number of amides is 1. The lowest BCUT2D eigenvalue weighted by atomic mass is 10.0. The molecule has 0 aliphatic carbocycles. The second-order valence-corrected chi connectivity index (χ2v) is 9.80. The second-order valence-electron chi connectivity index (χ2n) is 8.69. The highest BCUT2D eigenvalue weighted by Gasteiger charge is 2.43. The van der Waals surface area contributed by atoms with Crippen molar-refractivity contribution in [3.63, 3.8) is 0 Å². The summed E-state index contributed by atoms with van der Waals surface area (Å²) in [5.74, 6) is -2.55. The van der Waals surface area contributed by atoms with Gasteiger partial charge in [-0.25, -0.2) is 0 Å². The molecule has 1 aliphatic rings. The van der Waals surface area contributed by atoms with E-state index >= 15 is 0 Å². The van der Waals surface area contributed by atoms with E-state index < -0.39 is 40.8 Å². The number of H-pyrrole nitrogens is 1. The molecule has 1 aliphatic heterocycles. The molecule has 0 saturated carbocycles. The summed E-state index contributed by atoms with van der Waals surface area (Å²) >= 11 is 1.08. The van der Waals surface area contributed by atoms with Crippen molar-refractivity contribution in [3.8, 4) is 11.5 Å². The fourth-order valence-corrected chi connectivity index (χ4v) is 4.76. The zero-order chi connectivity index (χ0) is 27.1. The van der Waals surface area contributed by atoms with Crippen molar-refractivity contribution >= 4 is 40.0 Å². The number of hydrogen-bond donors (Lipinski definition) is 2. The first-order valence-electron chi connectivity index (χ1n) is 11.0. The predicted octanol–water partition coefficient (Wildman–Crippen LogP) is 7.65. The van der Waals surface area contributed by atoms with Crippen molar-refractivity contribution in [1.29, 1.82) is 0 Å². The van der Waals surface area contributed by atoms with Crippen LogP contribution in [0.5, 0.6) is 11.5 Å². The van der Waals surface area contributed by atoms with Crippen LogP contribution in [0.3, 0.4) is 0 Å². The van der Waals surface area contributed by atoms with Crippen molar-refractivity contribution in [3.05, 3.63) is 64.2 Å². The lowest BCUT2D eigenvalue weighted by molar-refractivity contribution is -0.145. The Morgan fingerprint density at radius 3 is 2.27 bits per heavy atom. The van der Waals surface area contributed by atoms with Crippen LogP contribution in [-0.2, 0) is 21.9 Å². The summed E-state index contributed by atoms with van der Waals surface area (Å²) in [6.07, 6.45) is -7.88. The van der Waals surface area contributed by atoms with Crippen LogP contribution in [0.15, 0.2) is 47.5 Å². The van der Waals surface area contributed by atoms with Gasteiger partial charge < -0.3 is 15.0 Å². The third-order valence-electron chi connectivity index (χ3n) is 5.57. The zero-order valence-corrected chi connectivity index (χ0v) is 20.3. The van der Waals surface area contributed by atoms with E-state index in [0.29, 0.717) is 27.9 Å². The van der Waals surface area contributed by atoms with E-state index in [1.165, 1.54) is 24.3 Å². The number of aromatic nitrogens is 1. The molecular formula is C25H20F6N2O3S. The topological polar surface area (TPSA) is 71.2 Å². The summed E-state index contributed by atoms with van der Waals surface area (Å²) in [4.78, 5) is 27.0. The zero-order valence-electron chi connectivity index (χ0n) is 19.4. The monoisotopic (exact) mass is 542 g/mol. The summed E-state index contributed by atoms with van der Waals surface area (Å²) in [6.45, 7) is 3.79. The molecule has 0 unspecified atom stereocenters. The van der Waals surface area contributed by atoms with Crippen LogP contribution in [0.25, 0.3) is 10.9 Å². The SMILES string of the molecule is CC(C)c1c[nH]c2ccc(Oc3c(C(F)(F)F)cc(NC(=O)CC4=CC(=O)CS4)cc3C(F)(F)F)cc12.